The van der Waals surface area contributed by atoms with Gasteiger partial charge in [-0.25, -0.2) is 19.8 Å². The lowest BCUT2D eigenvalue weighted by atomic mass is 10.1. The van der Waals surface area contributed by atoms with Crippen molar-refractivity contribution in [3.8, 4) is 0 Å². The number of nitrogens with zero attached hydrogens (tertiary/aromatic N) is 5. The van der Waals surface area contributed by atoms with Gasteiger partial charge >= 0.3 is 0 Å². The third-order valence-corrected chi connectivity index (χ3v) is 5.02. The fourth-order valence-electron chi connectivity index (χ4n) is 3.64. The second-order valence-corrected chi connectivity index (χ2v) is 6.77. The van der Waals surface area contributed by atoms with Gasteiger partial charge in [0.25, 0.3) is 0 Å². The Bertz CT molecular complexity index is 781. The van der Waals surface area contributed by atoms with Crippen molar-refractivity contribution in [3.63, 3.8) is 0 Å². The Hall–Kier alpha value is -1.93. The maximum atomic E-state index is 10.3. The molecule has 12 nitrogen and oxygen atoms in total. The molecule has 0 radical (unpaired) electrons. The lowest BCUT2D eigenvalue weighted by molar-refractivity contribution is -0.496. The normalized spacial score (nSPS) is 29.2. The minimum atomic E-state index is -1.29. The summed E-state index contributed by atoms with van der Waals surface area (Å²) in [6, 6.07) is 0.352. The minimum absolute atomic E-state index is 0.352. The van der Waals surface area contributed by atoms with Gasteiger partial charge in [0.15, 0.2) is 23.2 Å². The van der Waals surface area contributed by atoms with Gasteiger partial charge in [-0.15, -0.1) is 0 Å². The summed E-state index contributed by atoms with van der Waals surface area (Å²) in [5, 5.41) is 40.7. The number of hydrogen-bond acceptors (Lipinski definition) is 11. The molecule has 1 saturated carbocycles. The van der Waals surface area contributed by atoms with Crippen LogP contribution in [0.4, 0.5) is 5.82 Å². The highest BCUT2D eigenvalue weighted by Crippen LogP contribution is 2.33. The smallest absolute Gasteiger partial charge is 0.167 e. The maximum absolute atomic E-state index is 10.3. The number of fused-ring (bicyclic) bond motifs is 1. The first kappa shape index (κ1) is 18.4. The van der Waals surface area contributed by atoms with E-state index in [0.29, 0.717) is 23.0 Å². The molecule has 2 aromatic heterocycles. The molecule has 4 rings (SSSR count). The number of imidazole rings is 1. The van der Waals surface area contributed by atoms with E-state index in [1.54, 1.807) is 0 Å². The van der Waals surface area contributed by atoms with Crippen molar-refractivity contribution in [2.75, 3.05) is 11.9 Å². The van der Waals surface area contributed by atoms with Crippen molar-refractivity contribution in [3.05, 3.63) is 12.7 Å². The quantitative estimate of drug-likeness (QED) is 0.422. The Kier molecular flexibility index (Phi) is 5.19. The van der Waals surface area contributed by atoms with Crippen LogP contribution in [0.3, 0.4) is 0 Å². The van der Waals surface area contributed by atoms with Crippen LogP contribution in [-0.2, 0) is 9.57 Å². The van der Waals surface area contributed by atoms with Crippen LogP contribution in [-0.4, -0.2) is 76.5 Å². The molecule has 1 aliphatic carbocycles. The Morgan fingerprint density at radius 2 is 1.96 bits per heavy atom. The lowest BCUT2D eigenvalue weighted by Crippen LogP contribution is -2.35. The van der Waals surface area contributed by atoms with Gasteiger partial charge in [0.1, 0.15) is 31.2 Å². The van der Waals surface area contributed by atoms with Gasteiger partial charge in [0.2, 0.25) is 0 Å². The van der Waals surface area contributed by atoms with E-state index in [-0.39, 0.29) is 6.61 Å². The van der Waals surface area contributed by atoms with Gasteiger partial charge in [0.05, 0.1) is 11.7 Å². The number of aromatic nitrogens is 4. The van der Waals surface area contributed by atoms with E-state index in [1.165, 1.54) is 30.1 Å². The van der Waals surface area contributed by atoms with Crippen LogP contribution >= 0.6 is 0 Å². The van der Waals surface area contributed by atoms with Crippen LogP contribution in [0, 0.1) is 0 Å². The van der Waals surface area contributed by atoms with Crippen LogP contribution in [0.2, 0.25) is 0 Å². The number of rotatable bonds is 6. The zero-order valence-electron chi connectivity index (χ0n) is 14.4. The summed E-state index contributed by atoms with van der Waals surface area (Å²) < 4.78 is 7.14. The molecule has 5 N–H and O–H groups in total. The largest absolute Gasteiger partial charge is 0.387 e. The van der Waals surface area contributed by atoms with E-state index in [4.69, 9.17) is 15.2 Å². The average Bonchev–Trinajstić information content (AvgIpc) is 3.36. The first-order valence-electron chi connectivity index (χ1n) is 8.81. The monoisotopic (exact) mass is 382 g/mol. The molecule has 12 heteroatoms. The van der Waals surface area contributed by atoms with Crippen LogP contribution in [0.25, 0.3) is 11.2 Å². The topological polar surface area (TPSA) is 158 Å². The van der Waals surface area contributed by atoms with Gasteiger partial charge in [-0.2, -0.15) is 0 Å². The standard InChI is InChI=1S/C15H22N6O6/c22-11-9(5-26-21(24)25)27-15(12(11)23)20-7-18-10-13(16-6-17-14(10)20)19-8-3-1-2-4-8/h6-9,11-12,15,22-25H,1-5H2,(H,16,17,19)/t9-,11-,12-,15-/m1/s1. The van der Waals surface area contributed by atoms with Crippen molar-refractivity contribution < 1.29 is 30.2 Å². The number of hydrogen-bond donors (Lipinski definition) is 5. The predicted molar refractivity (Wildman–Crippen MR) is 88.5 cm³/mol. The number of nitrogens with one attached hydrogen (secondary N) is 1. The molecule has 0 amide bonds. The van der Waals surface area contributed by atoms with E-state index in [9.17, 15) is 10.2 Å². The Morgan fingerprint density at radius 1 is 1.19 bits per heavy atom. The van der Waals surface area contributed by atoms with Crippen LogP contribution < -0.4 is 5.32 Å². The third-order valence-electron chi connectivity index (χ3n) is 5.02. The molecule has 2 fully saturated rings. The summed E-state index contributed by atoms with van der Waals surface area (Å²) in [6.07, 6.45) is 2.91. The summed E-state index contributed by atoms with van der Waals surface area (Å²) in [7, 11) is 0. The SMILES string of the molecule is O[C@@H]1[C@H](O)[C@@H](CON(O)O)O[C@H]1n1cnc2c(NC3CCCC3)ncnc21. The molecule has 2 aliphatic rings. The molecular weight excluding hydrogens is 360 g/mol. The molecule has 148 valence electrons. The molecule has 1 aliphatic heterocycles. The number of aliphatic hydroxyl groups is 2. The van der Waals surface area contributed by atoms with Crippen molar-refractivity contribution in [1.82, 2.24) is 24.9 Å². The third kappa shape index (κ3) is 3.60. The van der Waals surface area contributed by atoms with E-state index < -0.39 is 29.9 Å². The van der Waals surface area contributed by atoms with Crippen molar-refractivity contribution >= 4 is 17.0 Å². The van der Waals surface area contributed by atoms with Crippen LogP contribution in [0.1, 0.15) is 31.9 Å². The summed E-state index contributed by atoms with van der Waals surface area (Å²) in [4.78, 5) is 17.3. The van der Waals surface area contributed by atoms with E-state index in [1.807, 2.05) is 0 Å². The Labute approximate surface area is 153 Å². The molecule has 0 bridgehead atoms. The molecule has 4 atom stereocenters. The highest BCUT2D eigenvalue weighted by Gasteiger charge is 2.44. The molecule has 0 aromatic carbocycles. The van der Waals surface area contributed by atoms with Crippen molar-refractivity contribution in [2.24, 2.45) is 0 Å². The molecule has 2 aromatic rings. The van der Waals surface area contributed by atoms with Crippen molar-refractivity contribution in [2.45, 2.75) is 56.3 Å². The zero-order valence-corrected chi connectivity index (χ0v) is 14.4. The second kappa shape index (κ2) is 7.59. The van der Waals surface area contributed by atoms with Crippen molar-refractivity contribution in [1.29, 1.82) is 0 Å². The number of anilines is 1. The molecule has 0 unspecified atom stereocenters. The molecule has 0 spiro atoms. The highest BCUT2D eigenvalue weighted by atomic mass is 17.1. The van der Waals surface area contributed by atoms with Gasteiger partial charge < -0.3 is 20.3 Å². The summed E-state index contributed by atoms with van der Waals surface area (Å²) in [5.41, 5.74) is 1.00. The summed E-state index contributed by atoms with van der Waals surface area (Å²) >= 11 is 0. The van der Waals surface area contributed by atoms with E-state index in [0.717, 1.165) is 12.8 Å². The second-order valence-electron chi connectivity index (χ2n) is 6.77. The average molecular weight is 382 g/mol. The summed E-state index contributed by atoms with van der Waals surface area (Å²) in [5.74, 6) is 0.620. The van der Waals surface area contributed by atoms with Gasteiger partial charge in [0, 0.05) is 6.04 Å². The first-order chi connectivity index (χ1) is 13.0. The van der Waals surface area contributed by atoms with Gasteiger partial charge in [-0.1, -0.05) is 12.8 Å². The van der Waals surface area contributed by atoms with Crippen LogP contribution in [0.15, 0.2) is 12.7 Å². The summed E-state index contributed by atoms with van der Waals surface area (Å²) in [6.45, 7) is -0.363. The van der Waals surface area contributed by atoms with E-state index >= 15 is 0 Å². The number of ether oxygens (including phenoxy) is 1. The first-order valence-corrected chi connectivity index (χ1v) is 8.81. The fraction of sp³-hybridized carbons (Fsp3) is 0.667. The molecule has 3 heterocycles. The maximum Gasteiger partial charge on any atom is 0.167 e. The zero-order chi connectivity index (χ0) is 19.0. The predicted octanol–water partition coefficient (Wildman–Crippen LogP) is -0.188. The van der Waals surface area contributed by atoms with Gasteiger partial charge in [-0.3, -0.25) is 15.0 Å². The van der Waals surface area contributed by atoms with Crippen LogP contribution in [0.5, 0.6) is 0 Å². The Morgan fingerprint density at radius 3 is 2.70 bits per heavy atom. The Balaban J connectivity index is 1.56. The number of aliphatic hydroxyl groups excluding tert-OH is 2. The molecular formula is C15H22N6O6. The molecule has 1 saturated heterocycles. The minimum Gasteiger partial charge on any atom is -0.387 e. The van der Waals surface area contributed by atoms with Gasteiger partial charge in [-0.05, 0) is 12.8 Å². The molecule has 27 heavy (non-hydrogen) atoms. The van der Waals surface area contributed by atoms with E-state index in [2.05, 4.69) is 25.1 Å². The fourth-order valence-corrected chi connectivity index (χ4v) is 3.64. The highest BCUT2D eigenvalue weighted by molar-refractivity contribution is 5.82. The lowest BCUT2D eigenvalue weighted by Gasteiger charge is -2.17.